The first-order valence-corrected chi connectivity index (χ1v) is 6.42. The summed E-state index contributed by atoms with van der Waals surface area (Å²) in [6, 6.07) is 9.02. The number of fused-ring (bicyclic) bond motifs is 1. The molecule has 0 aliphatic rings. The molecule has 1 N–H and O–H groups in total. The van der Waals surface area contributed by atoms with Crippen molar-refractivity contribution >= 4 is 38.6 Å². The Morgan fingerprint density at radius 1 is 1.42 bits per heavy atom. The lowest BCUT2D eigenvalue weighted by Crippen LogP contribution is -2.13. The van der Waals surface area contributed by atoms with E-state index < -0.39 is 0 Å². The normalized spacial score (nSPS) is 10.8. The van der Waals surface area contributed by atoms with E-state index in [-0.39, 0.29) is 11.7 Å². The number of halogens is 1. The molecule has 0 spiro atoms. The number of furan rings is 1. The van der Waals surface area contributed by atoms with Gasteiger partial charge in [-0.25, -0.2) is 0 Å². The van der Waals surface area contributed by atoms with Crippen molar-refractivity contribution in [3.05, 3.63) is 46.8 Å². The van der Waals surface area contributed by atoms with E-state index in [1.54, 1.807) is 30.1 Å². The zero-order valence-corrected chi connectivity index (χ0v) is 11.6. The maximum atomic E-state index is 12.1. The summed E-state index contributed by atoms with van der Waals surface area (Å²) in [5.74, 6) is 0.583. The van der Waals surface area contributed by atoms with Crippen LogP contribution in [0, 0.1) is 0 Å². The predicted octanol–water partition coefficient (Wildman–Crippen LogP) is 3.18. The second-order valence-corrected chi connectivity index (χ2v) is 4.91. The van der Waals surface area contributed by atoms with Crippen molar-refractivity contribution in [1.29, 1.82) is 0 Å². The molecule has 0 aliphatic carbocycles. The number of hydrogen-bond donors (Lipinski definition) is 1. The van der Waals surface area contributed by atoms with E-state index in [1.807, 2.05) is 18.2 Å². The van der Waals surface area contributed by atoms with Crippen LogP contribution >= 0.6 is 15.9 Å². The Labute approximate surface area is 117 Å². The molecule has 96 valence electrons. The number of carbonyl (C=O) groups excluding carboxylic acids is 1. The summed E-state index contributed by atoms with van der Waals surface area (Å²) < 4.78 is 8.00. The molecule has 0 atom stereocenters. The van der Waals surface area contributed by atoms with Gasteiger partial charge in [0.2, 0.25) is 0 Å². The van der Waals surface area contributed by atoms with Crippen molar-refractivity contribution in [3.8, 4) is 0 Å². The first kappa shape index (κ1) is 12.0. The average molecular weight is 320 g/mol. The lowest BCUT2D eigenvalue weighted by atomic mass is 10.2. The molecule has 2 heterocycles. The fourth-order valence-electron chi connectivity index (χ4n) is 1.81. The Morgan fingerprint density at radius 2 is 2.26 bits per heavy atom. The van der Waals surface area contributed by atoms with E-state index in [9.17, 15) is 4.79 Å². The molecule has 3 rings (SSSR count). The number of nitrogens with zero attached hydrogens (tertiary/aromatic N) is 2. The van der Waals surface area contributed by atoms with Crippen LogP contribution in [0.5, 0.6) is 0 Å². The Morgan fingerprint density at radius 3 is 2.95 bits per heavy atom. The Kier molecular flexibility index (Phi) is 2.87. The number of benzene rings is 1. The lowest BCUT2D eigenvalue weighted by Gasteiger charge is -2.02. The molecule has 0 fully saturated rings. The van der Waals surface area contributed by atoms with Gasteiger partial charge in [-0.15, -0.1) is 0 Å². The number of anilines is 1. The third kappa shape index (κ3) is 2.15. The van der Waals surface area contributed by atoms with Gasteiger partial charge in [0.05, 0.1) is 6.20 Å². The Balaban J connectivity index is 1.94. The summed E-state index contributed by atoms with van der Waals surface area (Å²) in [5, 5.41) is 7.60. The van der Waals surface area contributed by atoms with Gasteiger partial charge in [-0.1, -0.05) is 22.0 Å². The number of nitrogens with one attached hydrogen (secondary N) is 1. The highest BCUT2D eigenvalue weighted by molar-refractivity contribution is 9.10. The largest absolute Gasteiger partial charge is 0.451 e. The number of hydrogen-bond acceptors (Lipinski definition) is 3. The maximum absolute atomic E-state index is 12.1. The van der Waals surface area contributed by atoms with E-state index >= 15 is 0 Å². The third-order valence-corrected chi connectivity index (χ3v) is 3.49. The Bertz CT molecular complexity index is 760. The van der Waals surface area contributed by atoms with Crippen molar-refractivity contribution < 1.29 is 9.21 Å². The minimum Gasteiger partial charge on any atom is -0.451 e. The molecule has 2 aromatic heterocycles. The van der Waals surface area contributed by atoms with E-state index in [0.717, 1.165) is 9.86 Å². The second-order valence-electron chi connectivity index (χ2n) is 4.06. The molecular weight excluding hydrogens is 310 g/mol. The number of amides is 1. The standard InChI is InChI=1S/C13H10BrN3O2/c1-17-12(5-6-15-17)16-13(18)11-7-8-9(14)3-2-4-10(8)19-11/h2-7H,1H3,(H,16,18). The minimum absolute atomic E-state index is 0.267. The first-order chi connectivity index (χ1) is 9.15. The fraction of sp³-hybridized carbons (Fsp3) is 0.0769. The molecule has 1 amide bonds. The minimum atomic E-state index is -0.299. The molecule has 6 heteroatoms. The van der Waals surface area contributed by atoms with E-state index in [0.29, 0.717) is 11.4 Å². The molecule has 5 nitrogen and oxygen atoms in total. The molecular formula is C13H10BrN3O2. The maximum Gasteiger partial charge on any atom is 0.292 e. The summed E-state index contributed by atoms with van der Waals surface area (Å²) in [4.78, 5) is 12.1. The number of aromatic nitrogens is 2. The summed E-state index contributed by atoms with van der Waals surface area (Å²) in [6.07, 6.45) is 1.62. The van der Waals surface area contributed by atoms with Crippen LogP contribution in [-0.4, -0.2) is 15.7 Å². The van der Waals surface area contributed by atoms with Crippen molar-refractivity contribution in [1.82, 2.24) is 9.78 Å². The van der Waals surface area contributed by atoms with Gasteiger partial charge in [-0.3, -0.25) is 9.48 Å². The van der Waals surface area contributed by atoms with Gasteiger partial charge >= 0.3 is 0 Å². The zero-order chi connectivity index (χ0) is 13.4. The summed E-state index contributed by atoms with van der Waals surface area (Å²) in [7, 11) is 1.75. The molecule has 3 aromatic rings. The molecule has 0 unspecified atom stereocenters. The third-order valence-electron chi connectivity index (χ3n) is 2.79. The summed E-state index contributed by atoms with van der Waals surface area (Å²) in [5.41, 5.74) is 0.671. The SMILES string of the molecule is Cn1nccc1NC(=O)c1cc2c(Br)cccc2o1. The van der Waals surface area contributed by atoms with Crippen molar-refractivity contribution in [2.24, 2.45) is 7.05 Å². The van der Waals surface area contributed by atoms with Gasteiger partial charge in [0.1, 0.15) is 11.4 Å². The number of carbonyl (C=O) groups is 1. The first-order valence-electron chi connectivity index (χ1n) is 5.62. The van der Waals surface area contributed by atoms with Crippen LogP contribution in [0.1, 0.15) is 10.6 Å². The van der Waals surface area contributed by atoms with Crippen molar-refractivity contribution in [2.45, 2.75) is 0 Å². The van der Waals surface area contributed by atoms with Crippen LogP contribution in [0.3, 0.4) is 0 Å². The molecule has 0 bridgehead atoms. The van der Waals surface area contributed by atoms with Gasteiger partial charge < -0.3 is 9.73 Å². The van der Waals surface area contributed by atoms with Crippen LogP contribution in [0.2, 0.25) is 0 Å². The van der Waals surface area contributed by atoms with Crippen LogP contribution in [0.4, 0.5) is 5.82 Å². The van der Waals surface area contributed by atoms with Gasteiger partial charge in [0, 0.05) is 23.0 Å². The molecule has 0 saturated carbocycles. The topological polar surface area (TPSA) is 60.1 Å². The Hall–Kier alpha value is -2.08. The van der Waals surface area contributed by atoms with Gasteiger partial charge in [-0.2, -0.15) is 5.10 Å². The molecule has 0 saturated heterocycles. The number of rotatable bonds is 2. The van der Waals surface area contributed by atoms with Crippen LogP contribution in [-0.2, 0) is 7.05 Å². The quantitative estimate of drug-likeness (QED) is 0.789. The predicted molar refractivity (Wildman–Crippen MR) is 75.1 cm³/mol. The molecule has 19 heavy (non-hydrogen) atoms. The van der Waals surface area contributed by atoms with Crippen molar-refractivity contribution in [2.75, 3.05) is 5.32 Å². The summed E-state index contributed by atoms with van der Waals surface area (Å²) >= 11 is 3.43. The van der Waals surface area contributed by atoms with Gasteiger partial charge in [0.15, 0.2) is 5.76 Å². The van der Waals surface area contributed by atoms with Crippen LogP contribution < -0.4 is 5.32 Å². The molecule has 0 radical (unpaired) electrons. The van der Waals surface area contributed by atoms with E-state index in [2.05, 4.69) is 26.3 Å². The van der Waals surface area contributed by atoms with Crippen molar-refractivity contribution in [3.63, 3.8) is 0 Å². The van der Waals surface area contributed by atoms with Crippen LogP contribution in [0.15, 0.2) is 45.4 Å². The highest BCUT2D eigenvalue weighted by Crippen LogP contribution is 2.27. The average Bonchev–Trinajstić information content (AvgIpc) is 2.97. The smallest absolute Gasteiger partial charge is 0.292 e. The zero-order valence-electron chi connectivity index (χ0n) is 10.1. The van der Waals surface area contributed by atoms with Crippen LogP contribution in [0.25, 0.3) is 11.0 Å². The molecule has 0 aliphatic heterocycles. The summed E-state index contributed by atoms with van der Waals surface area (Å²) in [6.45, 7) is 0. The highest BCUT2D eigenvalue weighted by atomic mass is 79.9. The van der Waals surface area contributed by atoms with E-state index in [4.69, 9.17) is 4.42 Å². The molecule has 1 aromatic carbocycles. The highest BCUT2D eigenvalue weighted by Gasteiger charge is 2.14. The monoisotopic (exact) mass is 319 g/mol. The number of aryl methyl sites for hydroxylation is 1. The van der Waals surface area contributed by atoms with Gasteiger partial charge in [0.25, 0.3) is 5.91 Å². The van der Waals surface area contributed by atoms with E-state index in [1.165, 1.54) is 0 Å². The lowest BCUT2D eigenvalue weighted by molar-refractivity contribution is 0.0998. The fourth-order valence-corrected chi connectivity index (χ4v) is 2.27. The second kappa shape index (κ2) is 4.55. The van der Waals surface area contributed by atoms with Gasteiger partial charge in [-0.05, 0) is 18.2 Å².